The van der Waals surface area contributed by atoms with Gasteiger partial charge in [0, 0.05) is 0 Å². The first-order valence-corrected chi connectivity index (χ1v) is 7.11. The van der Waals surface area contributed by atoms with Crippen molar-refractivity contribution in [3.8, 4) is 0 Å². The number of carboxylic acids is 1. The number of hydrogen-bond donors (Lipinski definition) is 1. The lowest BCUT2D eigenvalue weighted by atomic mass is 10.1. The van der Waals surface area contributed by atoms with E-state index in [-0.39, 0.29) is 12.2 Å². The molecule has 0 spiro atoms. The van der Waals surface area contributed by atoms with Crippen LogP contribution in [0.2, 0.25) is 0 Å². The fourth-order valence-electron chi connectivity index (χ4n) is 2.29. The summed E-state index contributed by atoms with van der Waals surface area (Å²) in [6.07, 6.45) is 0. The molecular weight excluding hydrogens is 292 g/mol. The van der Waals surface area contributed by atoms with Gasteiger partial charge in [0.15, 0.2) is 0 Å². The molecule has 0 aliphatic rings. The molecule has 4 nitrogen and oxygen atoms in total. The number of aromatic carboxylic acids is 1. The Morgan fingerprint density at radius 2 is 1.48 bits per heavy atom. The first-order chi connectivity index (χ1) is 11.1. The van der Waals surface area contributed by atoms with Gasteiger partial charge in [0.1, 0.15) is 6.61 Å². The van der Waals surface area contributed by atoms with E-state index in [9.17, 15) is 9.59 Å². The van der Waals surface area contributed by atoms with Crippen LogP contribution in [0.15, 0.2) is 66.7 Å². The van der Waals surface area contributed by atoms with Gasteiger partial charge in [0.2, 0.25) is 0 Å². The van der Waals surface area contributed by atoms with Gasteiger partial charge in [-0.05, 0) is 40.6 Å². The molecule has 0 saturated heterocycles. The molecule has 0 aliphatic heterocycles. The Hall–Kier alpha value is -3.14. The lowest BCUT2D eigenvalue weighted by molar-refractivity contribution is 0.0472. The number of fused-ring (bicyclic) bond motifs is 1. The van der Waals surface area contributed by atoms with Crippen molar-refractivity contribution in [1.29, 1.82) is 0 Å². The molecule has 0 unspecified atom stereocenters. The maximum absolute atomic E-state index is 12.1. The third kappa shape index (κ3) is 3.37. The predicted molar refractivity (Wildman–Crippen MR) is 86.5 cm³/mol. The molecule has 0 heterocycles. The van der Waals surface area contributed by atoms with Crippen molar-refractivity contribution < 1.29 is 19.4 Å². The van der Waals surface area contributed by atoms with Crippen molar-refractivity contribution >= 4 is 22.7 Å². The number of carbonyl (C=O) groups is 2. The number of hydrogen-bond acceptors (Lipinski definition) is 3. The summed E-state index contributed by atoms with van der Waals surface area (Å²) in [5.74, 6) is -1.39. The largest absolute Gasteiger partial charge is 0.478 e. The topological polar surface area (TPSA) is 63.6 Å². The molecule has 0 bridgehead atoms. The Kier molecular flexibility index (Phi) is 4.06. The summed E-state index contributed by atoms with van der Waals surface area (Å²) in [6, 6.07) is 19.4. The SMILES string of the molecule is O=C(O)c1ccc(COC(=O)c2ccc3ccccc3c2)cc1. The van der Waals surface area contributed by atoms with Gasteiger partial charge in [-0.2, -0.15) is 0 Å². The van der Waals surface area contributed by atoms with Crippen LogP contribution in [0, 0.1) is 0 Å². The molecule has 4 heteroatoms. The maximum Gasteiger partial charge on any atom is 0.338 e. The van der Waals surface area contributed by atoms with Crippen LogP contribution in [0.3, 0.4) is 0 Å². The molecule has 0 fully saturated rings. The Labute approximate surface area is 132 Å². The number of carboxylic acid groups (broad SMARTS) is 1. The molecule has 0 aliphatic carbocycles. The molecule has 0 atom stereocenters. The zero-order valence-electron chi connectivity index (χ0n) is 12.2. The van der Waals surface area contributed by atoms with E-state index in [0.29, 0.717) is 5.56 Å². The van der Waals surface area contributed by atoms with Gasteiger partial charge in [-0.25, -0.2) is 9.59 Å². The lowest BCUT2D eigenvalue weighted by Gasteiger charge is -2.06. The van der Waals surface area contributed by atoms with E-state index in [1.165, 1.54) is 12.1 Å². The molecule has 0 radical (unpaired) electrons. The molecule has 23 heavy (non-hydrogen) atoms. The Bertz CT molecular complexity index is 866. The van der Waals surface area contributed by atoms with Crippen LogP contribution < -0.4 is 0 Å². The summed E-state index contributed by atoms with van der Waals surface area (Å²) < 4.78 is 5.28. The first-order valence-electron chi connectivity index (χ1n) is 7.11. The summed E-state index contributed by atoms with van der Waals surface area (Å²) in [7, 11) is 0. The fraction of sp³-hybridized carbons (Fsp3) is 0.0526. The van der Waals surface area contributed by atoms with Crippen molar-refractivity contribution in [3.63, 3.8) is 0 Å². The maximum atomic E-state index is 12.1. The third-order valence-electron chi connectivity index (χ3n) is 3.56. The highest BCUT2D eigenvalue weighted by Gasteiger charge is 2.09. The Morgan fingerprint density at radius 3 is 2.17 bits per heavy atom. The average Bonchev–Trinajstić information content (AvgIpc) is 2.59. The van der Waals surface area contributed by atoms with E-state index >= 15 is 0 Å². The second-order valence-electron chi connectivity index (χ2n) is 5.14. The van der Waals surface area contributed by atoms with Crippen molar-refractivity contribution in [2.45, 2.75) is 6.61 Å². The summed E-state index contributed by atoms with van der Waals surface area (Å²) in [5, 5.41) is 10.9. The normalized spacial score (nSPS) is 10.4. The van der Waals surface area contributed by atoms with Gasteiger partial charge >= 0.3 is 11.9 Å². The van der Waals surface area contributed by atoms with Gasteiger partial charge < -0.3 is 9.84 Å². The van der Waals surface area contributed by atoms with Crippen LogP contribution in [0.5, 0.6) is 0 Å². The zero-order valence-corrected chi connectivity index (χ0v) is 12.2. The van der Waals surface area contributed by atoms with Gasteiger partial charge in [-0.3, -0.25) is 0 Å². The summed E-state index contributed by atoms with van der Waals surface area (Å²) in [5.41, 5.74) is 1.43. The van der Waals surface area contributed by atoms with E-state index in [1.807, 2.05) is 30.3 Å². The van der Waals surface area contributed by atoms with E-state index in [1.54, 1.807) is 24.3 Å². The summed E-state index contributed by atoms with van der Waals surface area (Å²) >= 11 is 0. The zero-order chi connectivity index (χ0) is 16.2. The second-order valence-corrected chi connectivity index (χ2v) is 5.14. The van der Waals surface area contributed by atoms with Crippen molar-refractivity contribution in [1.82, 2.24) is 0 Å². The number of esters is 1. The number of benzene rings is 3. The van der Waals surface area contributed by atoms with E-state index in [2.05, 4.69) is 0 Å². The van der Waals surface area contributed by atoms with Crippen LogP contribution in [-0.2, 0) is 11.3 Å². The Morgan fingerprint density at radius 1 is 0.826 bits per heavy atom. The summed E-state index contributed by atoms with van der Waals surface area (Å²) in [6.45, 7) is 0.103. The smallest absolute Gasteiger partial charge is 0.338 e. The third-order valence-corrected chi connectivity index (χ3v) is 3.56. The second kappa shape index (κ2) is 6.32. The van der Waals surface area contributed by atoms with Crippen LogP contribution in [0.4, 0.5) is 0 Å². The van der Waals surface area contributed by atoms with E-state index in [0.717, 1.165) is 16.3 Å². The quantitative estimate of drug-likeness (QED) is 0.743. The standard InChI is InChI=1S/C19H14O4/c20-18(21)15-7-5-13(6-8-15)12-23-19(22)17-10-9-14-3-1-2-4-16(14)11-17/h1-11H,12H2,(H,20,21). The van der Waals surface area contributed by atoms with Crippen LogP contribution in [0.1, 0.15) is 26.3 Å². The molecule has 0 amide bonds. The first kappa shape index (κ1) is 14.8. The molecule has 3 rings (SSSR count). The van der Waals surface area contributed by atoms with Crippen molar-refractivity contribution in [2.75, 3.05) is 0 Å². The number of rotatable bonds is 4. The van der Waals surface area contributed by atoms with Crippen LogP contribution in [0.25, 0.3) is 10.8 Å². The highest BCUT2D eigenvalue weighted by molar-refractivity contribution is 5.95. The van der Waals surface area contributed by atoms with Crippen LogP contribution in [-0.4, -0.2) is 17.0 Å². The molecule has 0 aromatic heterocycles. The number of carbonyl (C=O) groups excluding carboxylic acids is 1. The molecule has 0 saturated carbocycles. The Balaban J connectivity index is 1.69. The minimum atomic E-state index is -0.982. The molecule has 114 valence electrons. The van der Waals surface area contributed by atoms with E-state index in [4.69, 9.17) is 9.84 Å². The van der Waals surface area contributed by atoms with Gasteiger partial charge in [-0.15, -0.1) is 0 Å². The molecule has 3 aromatic rings. The number of ether oxygens (including phenoxy) is 1. The van der Waals surface area contributed by atoms with Crippen molar-refractivity contribution in [3.05, 3.63) is 83.4 Å². The molecular formula is C19H14O4. The lowest BCUT2D eigenvalue weighted by Crippen LogP contribution is -2.05. The molecule has 1 N–H and O–H groups in total. The highest BCUT2D eigenvalue weighted by Crippen LogP contribution is 2.17. The minimum absolute atomic E-state index is 0.103. The predicted octanol–water partition coefficient (Wildman–Crippen LogP) is 3.90. The van der Waals surface area contributed by atoms with Gasteiger partial charge in [0.25, 0.3) is 0 Å². The van der Waals surface area contributed by atoms with Gasteiger partial charge in [0.05, 0.1) is 11.1 Å². The molecule has 3 aromatic carbocycles. The van der Waals surface area contributed by atoms with E-state index < -0.39 is 11.9 Å². The van der Waals surface area contributed by atoms with Gasteiger partial charge in [-0.1, -0.05) is 42.5 Å². The minimum Gasteiger partial charge on any atom is -0.478 e. The highest BCUT2D eigenvalue weighted by atomic mass is 16.5. The van der Waals surface area contributed by atoms with Crippen LogP contribution >= 0.6 is 0 Å². The fourth-order valence-corrected chi connectivity index (χ4v) is 2.29. The summed E-state index contributed by atoms with van der Waals surface area (Å²) in [4.78, 5) is 22.9. The average molecular weight is 306 g/mol. The van der Waals surface area contributed by atoms with Crippen molar-refractivity contribution in [2.24, 2.45) is 0 Å². The monoisotopic (exact) mass is 306 g/mol.